The third-order valence-corrected chi connectivity index (χ3v) is 5.86. The molecule has 180 valence electrons. The molecule has 3 aliphatic heterocycles. The maximum Gasteiger partial charge on any atom is 0.490 e. The number of amides is 1. The van der Waals surface area contributed by atoms with Crippen LogP contribution in [0.3, 0.4) is 0 Å². The molecule has 4 rings (SSSR count). The molecule has 11 heteroatoms. The van der Waals surface area contributed by atoms with E-state index in [4.69, 9.17) is 23.9 Å². The Morgan fingerprint density at radius 1 is 1.22 bits per heavy atom. The molecule has 32 heavy (non-hydrogen) atoms. The number of carbonyl (C=O) groups is 2. The molecule has 3 atom stereocenters. The highest BCUT2D eigenvalue weighted by Gasteiger charge is 2.40. The van der Waals surface area contributed by atoms with Crippen LogP contribution in [0.15, 0.2) is 16.5 Å². The summed E-state index contributed by atoms with van der Waals surface area (Å²) < 4.78 is 43.5. The number of ether oxygens (including phenoxy) is 1. The van der Waals surface area contributed by atoms with E-state index >= 15 is 0 Å². The fourth-order valence-electron chi connectivity index (χ4n) is 4.29. The second kappa shape index (κ2) is 10.7. The maximum atomic E-state index is 12.7. The standard InChI is InChI=1S/C19H28N2O4.C2HF3O2/c1-14-4-5-17(25-14)12-20-8-6-18-15(11-20)10-16(13-23-18)19(22)21-7-2-3-9-24-21;3-2(4,5)1(6)7/h4-5,15-16,18H,2-3,6-13H2,1H3;(H,6,7)/t15-,16-,18+;/m1./s1. The zero-order chi connectivity index (χ0) is 23.3. The van der Waals surface area contributed by atoms with Crippen LogP contribution in [-0.4, -0.2) is 72.1 Å². The molecule has 0 saturated carbocycles. The largest absolute Gasteiger partial charge is 0.490 e. The zero-order valence-corrected chi connectivity index (χ0v) is 18.0. The van der Waals surface area contributed by atoms with E-state index in [1.165, 1.54) is 0 Å². The fraction of sp³-hybridized carbons (Fsp3) is 0.714. The molecule has 0 spiro atoms. The highest BCUT2D eigenvalue weighted by molar-refractivity contribution is 5.78. The number of halogens is 3. The summed E-state index contributed by atoms with van der Waals surface area (Å²) in [5, 5.41) is 8.70. The van der Waals surface area contributed by atoms with Crippen LogP contribution in [0.1, 0.15) is 37.2 Å². The molecular weight excluding hydrogens is 433 g/mol. The average molecular weight is 462 g/mol. The van der Waals surface area contributed by atoms with Crippen LogP contribution in [0.25, 0.3) is 0 Å². The van der Waals surface area contributed by atoms with E-state index in [0.717, 1.165) is 56.8 Å². The van der Waals surface area contributed by atoms with Gasteiger partial charge in [-0.1, -0.05) is 0 Å². The van der Waals surface area contributed by atoms with Crippen LogP contribution in [0.4, 0.5) is 13.2 Å². The number of hydroxylamine groups is 2. The molecule has 1 aromatic heterocycles. The third-order valence-electron chi connectivity index (χ3n) is 5.86. The summed E-state index contributed by atoms with van der Waals surface area (Å²) in [6, 6.07) is 4.07. The minimum Gasteiger partial charge on any atom is -0.475 e. The van der Waals surface area contributed by atoms with Crippen molar-refractivity contribution in [2.45, 2.75) is 51.4 Å². The van der Waals surface area contributed by atoms with Crippen molar-refractivity contribution in [1.82, 2.24) is 9.96 Å². The molecule has 3 aliphatic rings. The molecule has 0 bridgehead atoms. The molecular formula is C21H29F3N2O6. The molecule has 1 amide bonds. The summed E-state index contributed by atoms with van der Waals surface area (Å²) in [6.07, 6.45) is -0.790. The number of aliphatic carboxylic acids is 1. The summed E-state index contributed by atoms with van der Waals surface area (Å²) in [7, 11) is 0. The van der Waals surface area contributed by atoms with Crippen molar-refractivity contribution in [2.75, 3.05) is 32.8 Å². The van der Waals surface area contributed by atoms with Crippen LogP contribution in [0, 0.1) is 18.8 Å². The summed E-state index contributed by atoms with van der Waals surface area (Å²) in [5.74, 6) is -0.327. The van der Waals surface area contributed by atoms with Gasteiger partial charge in [0, 0.05) is 19.6 Å². The molecule has 1 N–H and O–H groups in total. The van der Waals surface area contributed by atoms with Crippen molar-refractivity contribution in [3.63, 3.8) is 0 Å². The molecule has 0 unspecified atom stereocenters. The topological polar surface area (TPSA) is 92.5 Å². The number of piperidine rings is 1. The van der Waals surface area contributed by atoms with Gasteiger partial charge in [0.25, 0.3) is 5.91 Å². The first kappa shape index (κ1) is 24.5. The molecule has 4 heterocycles. The first-order valence-electron chi connectivity index (χ1n) is 10.8. The quantitative estimate of drug-likeness (QED) is 0.738. The highest BCUT2D eigenvalue weighted by atomic mass is 19.4. The Morgan fingerprint density at radius 3 is 2.56 bits per heavy atom. The fourth-order valence-corrected chi connectivity index (χ4v) is 4.29. The summed E-state index contributed by atoms with van der Waals surface area (Å²) >= 11 is 0. The normalized spacial score (nSPS) is 26.6. The number of nitrogens with zero attached hydrogens (tertiary/aromatic N) is 2. The Morgan fingerprint density at radius 2 is 1.97 bits per heavy atom. The zero-order valence-electron chi connectivity index (χ0n) is 18.0. The van der Waals surface area contributed by atoms with Gasteiger partial charge in [0.1, 0.15) is 11.5 Å². The van der Waals surface area contributed by atoms with Crippen LogP contribution in [0.5, 0.6) is 0 Å². The maximum absolute atomic E-state index is 12.7. The van der Waals surface area contributed by atoms with E-state index in [1.807, 2.05) is 13.0 Å². The number of likely N-dealkylation sites (tertiary alicyclic amines) is 1. The molecule has 8 nitrogen and oxygen atoms in total. The SMILES string of the molecule is Cc1ccc(CN2CC[C@@H]3OC[C@H](C(=O)N4CCCCO4)C[C@@H]3C2)o1.O=C(O)C(F)(F)F. The van der Waals surface area contributed by atoms with Crippen molar-refractivity contribution in [2.24, 2.45) is 11.8 Å². The Hall–Kier alpha value is -2.11. The molecule has 0 aliphatic carbocycles. The van der Waals surface area contributed by atoms with E-state index in [-0.39, 0.29) is 11.8 Å². The first-order valence-corrected chi connectivity index (χ1v) is 10.8. The molecule has 1 aromatic rings. The Bertz CT molecular complexity index is 778. The van der Waals surface area contributed by atoms with Crippen molar-refractivity contribution in [1.29, 1.82) is 0 Å². The van der Waals surface area contributed by atoms with Gasteiger partial charge in [-0.15, -0.1) is 0 Å². The van der Waals surface area contributed by atoms with E-state index in [2.05, 4.69) is 11.0 Å². The predicted molar refractivity (Wildman–Crippen MR) is 105 cm³/mol. The number of aryl methyl sites for hydroxylation is 1. The number of hydrogen-bond donors (Lipinski definition) is 1. The number of carboxylic acids is 1. The number of alkyl halides is 3. The second-order valence-corrected chi connectivity index (χ2v) is 8.38. The van der Waals surface area contributed by atoms with Gasteiger partial charge in [-0.25, -0.2) is 9.86 Å². The van der Waals surface area contributed by atoms with E-state index < -0.39 is 12.1 Å². The van der Waals surface area contributed by atoms with Gasteiger partial charge in [0.15, 0.2) is 0 Å². The monoisotopic (exact) mass is 462 g/mol. The van der Waals surface area contributed by atoms with Crippen LogP contribution in [0.2, 0.25) is 0 Å². The number of rotatable bonds is 3. The van der Waals surface area contributed by atoms with Gasteiger partial charge in [-0.05, 0) is 50.7 Å². The van der Waals surface area contributed by atoms with E-state index in [9.17, 15) is 18.0 Å². The number of carboxylic acid groups (broad SMARTS) is 1. The number of carbonyl (C=O) groups excluding carboxylic acids is 1. The van der Waals surface area contributed by atoms with Gasteiger partial charge < -0.3 is 14.3 Å². The summed E-state index contributed by atoms with van der Waals surface area (Å²) in [5.41, 5.74) is 0. The van der Waals surface area contributed by atoms with Crippen LogP contribution in [-0.2, 0) is 25.7 Å². The lowest BCUT2D eigenvalue weighted by atomic mass is 9.83. The van der Waals surface area contributed by atoms with E-state index in [0.29, 0.717) is 31.8 Å². The number of furan rings is 1. The van der Waals surface area contributed by atoms with Gasteiger partial charge >= 0.3 is 12.1 Å². The predicted octanol–water partition coefficient (Wildman–Crippen LogP) is 3.00. The Balaban J connectivity index is 0.000000360. The van der Waals surface area contributed by atoms with Gasteiger partial charge in [-0.3, -0.25) is 14.5 Å². The minimum absolute atomic E-state index is 0.0647. The van der Waals surface area contributed by atoms with Gasteiger partial charge in [0.2, 0.25) is 0 Å². The summed E-state index contributed by atoms with van der Waals surface area (Å²) in [6.45, 7) is 6.71. The highest BCUT2D eigenvalue weighted by Crippen LogP contribution is 2.33. The minimum atomic E-state index is -5.08. The Kier molecular flexibility index (Phi) is 8.18. The summed E-state index contributed by atoms with van der Waals surface area (Å²) in [4.78, 5) is 29.6. The molecule has 0 aromatic carbocycles. The van der Waals surface area contributed by atoms with Crippen molar-refractivity contribution in [3.8, 4) is 0 Å². The lowest BCUT2D eigenvalue weighted by molar-refractivity contribution is -0.208. The lowest BCUT2D eigenvalue weighted by Crippen LogP contribution is -2.51. The second-order valence-electron chi connectivity index (χ2n) is 8.38. The van der Waals surface area contributed by atoms with Gasteiger partial charge in [0.05, 0.1) is 31.8 Å². The number of fused-ring (bicyclic) bond motifs is 1. The third kappa shape index (κ3) is 6.69. The number of hydrogen-bond acceptors (Lipinski definition) is 6. The molecule has 3 fully saturated rings. The van der Waals surface area contributed by atoms with Crippen molar-refractivity contribution < 1.29 is 41.9 Å². The molecule has 3 saturated heterocycles. The average Bonchev–Trinajstić information content (AvgIpc) is 3.17. The smallest absolute Gasteiger partial charge is 0.475 e. The first-order chi connectivity index (χ1) is 15.1. The van der Waals surface area contributed by atoms with Crippen LogP contribution < -0.4 is 0 Å². The van der Waals surface area contributed by atoms with Gasteiger partial charge in [-0.2, -0.15) is 13.2 Å². The molecule has 0 radical (unpaired) electrons. The van der Waals surface area contributed by atoms with Crippen LogP contribution >= 0.6 is 0 Å². The Labute approximate surface area is 184 Å². The van der Waals surface area contributed by atoms with Crippen molar-refractivity contribution in [3.05, 3.63) is 23.7 Å². The van der Waals surface area contributed by atoms with E-state index in [1.54, 1.807) is 5.06 Å². The van der Waals surface area contributed by atoms with Crippen molar-refractivity contribution >= 4 is 11.9 Å². The lowest BCUT2D eigenvalue weighted by Gasteiger charge is -2.43.